The zero-order valence-electron chi connectivity index (χ0n) is 14.9. The van der Waals surface area contributed by atoms with Crippen LogP contribution in [0, 0.1) is 0 Å². The quantitative estimate of drug-likeness (QED) is 0.517. The number of hydrogen-bond acceptors (Lipinski definition) is 5. The van der Waals surface area contributed by atoms with Gasteiger partial charge in [0.1, 0.15) is 5.69 Å². The molecule has 0 unspecified atom stereocenters. The third-order valence-corrected chi connectivity index (χ3v) is 3.80. The van der Waals surface area contributed by atoms with Crippen molar-refractivity contribution in [2.45, 2.75) is 0 Å². The molecule has 3 aromatic rings. The molecule has 2 amide bonds. The maximum Gasteiger partial charge on any atom is 0.332 e. The van der Waals surface area contributed by atoms with Crippen molar-refractivity contribution in [3.63, 3.8) is 0 Å². The Morgan fingerprint density at radius 1 is 1.15 bits per heavy atom. The highest BCUT2D eigenvalue weighted by atomic mass is 16.5. The highest BCUT2D eigenvalue weighted by molar-refractivity contribution is 5.89. The summed E-state index contributed by atoms with van der Waals surface area (Å²) in [6.45, 7) is 0. The maximum atomic E-state index is 10.9. The van der Waals surface area contributed by atoms with Crippen LogP contribution in [0.2, 0.25) is 0 Å². The molecule has 0 atom stereocenters. The van der Waals surface area contributed by atoms with Crippen LogP contribution in [-0.2, 0) is 0 Å². The van der Waals surface area contributed by atoms with Gasteiger partial charge in [-0.2, -0.15) is 10.2 Å². The molecule has 0 radical (unpaired) electrons. The SMILES string of the molecule is COc1ccc(-c2nn(-c3ccccc3)cc2/C=N\NC(N)=O)cc1OC. The van der Waals surface area contributed by atoms with Gasteiger partial charge in [-0.3, -0.25) is 0 Å². The Bertz CT molecular complexity index is 967. The molecule has 0 aliphatic carbocycles. The Kier molecular flexibility index (Phi) is 5.36. The van der Waals surface area contributed by atoms with Gasteiger partial charge >= 0.3 is 6.03 Å². The molecule has 0 aliphatic heterocycles. The van der Waals surface area contributed by atoms with Crippen molar-refractivity contribution < 1.29 is 14.3 Å². The number of carbonyl (C=O) groups is 1. The molecule has 0 aliphatic rings. The van der Waals surface area contributed by atoms with Gasteiger partial charge in [0.05, 0.1) is 26.1 Å². The summed E-state index contributed by atoms with van der Waals surface area (Å²) >= 11 is 0. The van der Waals surface area contributed by atoms with Crippen LogP contribution in [-0.4, -0.2) is 36.2 Å². The van der Waals surface area contributed by atoms with Gasteiger partial charge in [-0.05, 0) is 30.3 Å². The average Bonchev–Trinajstić information content (AvgIpc) is 3.12. The number of urea groups is 1. The molecule has 138 valence electrons. The van der Waals surface area contributed by atoms with Gasteiger partial charge in [-0.1, -0.05) is 18.2 Å². The first-order valence-corrected chi connectivity index (χ1v) is 8.08. The predicted molar refractivity (Wildman–Crippen MR) is 102 cm³/mol. The van der Waals surface area contributed by atoms with Crippen LogP contribution < -0.4 is 20.6 Å². The number of amides is 2. The van der Waals surface area contributed by atoms with E-state index in [4.69, 9.17) is 15.2 Å². The number of hydrazone groups is 1. The van der Waals surface area contributed by atoms with Gasteiger partial charge < -0.3 is 15.2 Å². The number of methoxy groups -OCH3 is 2. The first kappa shape index (κ1) is 18.0. The first-order chi connectivity index (χ1) is 13.1. The van der Waals surface area contributed by atoms with Crippen LogP contribution >= 0.6 is 0 Å². The van der Waals surface area contributed by atoms with Crippen molar-refractivity contribution in [1.29, 1.82) is 0 Å². The molecule has 0 saturated carbocycles. The zero-order valence-corrected chi connectivity index (χ0v) is 14.9. The van der Waals surface area contributed by atoms with E-state index in [0.717, 1.165) is 11.3 Å². The van der Waals surface area contributed by atoms with Crippen LogP contribution in [0.1, 0.15) is 5.56 Å². The van der Waals surface area contributed by atoms with E-state index < -0.39 is 6.03 Å². The lowest BCUT2D eigenvalue weighted by Crippen LogP contribution is -2.24. The molecule has 2 aromatic carbocycles. The summed E-state index contributed by atoms with van der Waals surface area (Å²) in [5.74, 6) is 1.21. The lowest BCUT2D eigenvalue weighted by atomic mass is 10.1. The molecule has 0 fully saturated rings. The summed E-state index contributed by atoms with van der Waals surface area (Å²) in [6.07, 6.45) is 3.30. The molecular formula is C19H19N5O3. The van der Waals surface area contributed by atoms with Crippen molar-refractivity contribution in [2.75, 3.05) is 14.2 Å². The van der Waals surface area contributed by atoms with Gasteiger partial charge in [0.2, 0.25) is 0 Å². The summed E-state index contributed by atoms with van der Waals surface area (Å²) in [5, 5.41) is 8.52. The lowest BCUT2D eigenvalue weighted by Gasteiger charge is -2.09. The molecule has 1 heterocycles. The van der Waals surface area contributed by atoms with Crippen molar-refractivity contribution in [1.82, 2.24) is 15.2 Å². The molecule has 3 rings (SSSR count). The van der Waals surface area contributed by atoms with Crippen molar-refractivity contribution in [3.05, 3.63) is 60.3 Å². The Balaban J connectivity index is 2.08. The van der Waals surface area contributed by atoms with E-state index in [0.29, 0.717) is 22.8 Å². The molecule has 1 aromatic heterocycles. The summed E-state index contributed by atoms with van der Waals surface area (Å²) in [6, 6.07) is 14.4. The number of primary amides is 1. The Labute approximate surface area is 156 Å². The van der Waals surface area contributed by atoms with E-state index in [2.05, 4.69) is 15.6 Å². The standard InChI is InChI=1S/C19H19N5O3/c1-26-16-9-8-13(10-17(16)27-2)18-14(11-21-22-19(20)25)12-24(23-18)15-6-4-3-5-7-15/h3-12H,1-2H3,(H3,20,22,25)/b21-11-. The monoisotopic (exact) mass is 365 g/mol. The molecule has 8 nitrogen and oxygen atoms in total. The van der Waals surface area contributed by atoms with Gasteiger partial charge in [-0.25, -0.2) is 14.9 Å². The number of nitrogens with two attached hydrogens (primary N) is 1. The van der Waals surface area contributed by atoms with Crippen LogP contribution in [0.5, 0.6) is 11.5 Å². The van der Waals surface area contributed by atoms with Gasteiger partial charge in [0.25, 0.3) is 0 Å². The summed E-state index contributed by atoms with van der Waals surface area (Å²) < 4.78 is 12.4. The molecule has 3 N–H and O–H groups in total. The first-order valence-electron chi connectivity index (χ1n) is 8.08. The maximum absolute atomic E-state index is 10.9. The summed E-state index contributed by atoms with van der Waals surface area (Å²) in [7, 11) is 3.15. The van der Waals surface area contributed by atoms with E-state index in [1.807, 2.05) is 48.7 Å². The van der Waals surface area contributed by atoms with Crippen LogP contribution in [0.3, 0.4) is 0 Å². The highest BCUT2D eigenvalue weighted by Gasteiger charge is 2.14. The average molecular weight is 365 g/mol. The molecule has 0 spiro atoms. The second-order valence-electron chi connectivity index (χ2n) is 5.52. The number of nitrogens with zero attached hydrogens (tertiary/aromatic N) is 3. The predicted octanol–water partition coefficient (Wildman–Crippen LogP) is 2.56. The van der Waals surface area contributed by atoms with E-state index >= 15 is 0 Å². The lowest BCUT2D eigenvalue weighted by molar-refractivity contribution is 0.249. The minimum Gasteiger partial charge on any atom is -0.493 e. The minimum atomic E-state index is -0.741. The normalized spacial score (nSPS) is 10.7. The van der Waals surface area contributed by atoms with Gasteiger partial charge in [0, 0.05) is 17.3 Å². The Morgan fingerprint density at radius 3 is 2.56 bits per heavy atom. The number of benzene rings is 2. The number of aromatic nitrogens is 2. The highest BCUT2D eigenvalue weighted by Crippen LogP contribution is 2.33. The number of hydrogen-bond donors (Lipinski definition) is 2. The van der Waals surface area contributed by atoms with E-state index in [9.17, 15) is 4.79 Å². The molecule has 8 heteroatoms. The molecule has 0 bridgehead atoms. The van der Waals surface area contributed by atoms with E-state index in [-0.39, 0.29) is 0 Å². The molecule has 27 heavy (non-hydrogen) atoms. The number of carbonyl (C=O) groups excluding carboxylic acids is 1. The van der Waals surface area contributed by atoms with Crippen LogP contribution in [0.25, 0.3) is 16.9 Å². The van der Waals surface area contributed by atoms with Gasteiger partial charge in [0.15, 0.2) is 11.5 Å². The second kappa shape index (κ2) is 8.05. The zero-order chi connectivity index (χ0) is 19.2. The fourth-order valence-corrected chi connectivity index (χ4v) is 2.57. The smallest absolute Gasteiger partial charge is 0.332 e. The third-order valence-electron chi connectivity index (χ3n) is 3.80. The second-order valence-corrected chi connectivity index (χ2v) is 5.52. The van der Waals surface area contributed by atoms with Crippen molar-refractivity contribution in [2.24, 2.45) is 10.8 Å². The minimum absolute atomic E-state index is 0.586. The van der Waals surface area contributed by atoms with E-state index in [1.54, 1.807) is 25.0 Å². The fourth-order valence-electron chi connectivity index (χ4n) is 2.57. The van der Waals surface area contributed by atoms with Crippen molar-refractivity contribution in [3.8, 4) is 28.4 Å². The van der Waals surface area contributed by atoms with Crippen molar-refractivity contribution >= 4 is 12.2 Å². The summed E-state index contributed by atoms with van der Waals surface area (Å²) in [4.78, 5) is 10.9. The largest absolute Gasteiger partial charge is 0.493 e. The van der Waals surface area contributed by atoms with Gasteiger partial charge in [-0.15, -0.1) is 0 Å². The number of para-hydroxylation sites is 1. The number of rotatable bonds is 6. The number of nitrogens with one attached hydrogen (secondary N) is 1. The Hall–Kier alpha value is -3.81. The molecular weight excluding hydrogens is 346 g/mol. The third kappa shape index (κ3) is 4.06. The van der Waals surface area contributed by atoms with E-state index in [1.165, 1.54) is 6.21 Å². The summed E-state index contributed by atoms with van der Waals surface area (Å²) in [5.41, 5.74) is 10.3. The van der Waals surface area contributed by atoms with Crippen LogP contribution in [0.15, 0.2) is 59.8 Å². The fraction of sp³-hybridized carbons (Fsp3) is 0.105. The Morgan fingerprint density at radius 2 is 1.89 bits per heavy atom. The topological polar surface area (TPSA) is 104 Å². The molecule has 0 saturated heterocycles. The number of ether oxygens (including phenoxy) is 2. The van der Waals surface area contributed by atoms with Crippen LogP contribution in [0.4, 0.5) is 4.79 Å².